The predicted molar refractivity (Wildman–Crippen MR) is 57.4 cm³/mol. The van der Waals surface area contributed by atoms with E-state index in [1.807, 2.05) is 0 Å². The summed E-state index contributed by atoms with van der Waals surface area (Å²) in [5.41, 5.74) is 0. The monoisotopic (exact) mass is 180 g/mol. The van der Waals surface area contributed by atoms with Crippen LogP contribution in [-0.2, 0) is 0 Å². The van der Waals surface area contributed by atoms with Crippen molar-refractivity contribution >= 4 is 0 Å². The van der Waals surface area contributed by atoms with Crippen molar-refractivity contribution in [2.24, 2.45) is 0 Å². The van der Waals surface area contributed by atoms with Gasteiger partial charge < -0.3 is 5.11 Å². The Balaban J connectivity index is 3.22. The number of hydrogen-bond acceptors (Lipinski definition) is 1. The van der Waals surface area contributed by atoms with Crippen LogP contribution in [0.3, 0.4) is 0 Å². The zero-order valence-electron chi connectivity index (χ0n) is 8.55. The van der Waals surface area contributed by atoms with Crippen LogP contribution < -0.4 is 0 Å². The van der Waals surface area contributed by atoms with Crippen LogP contribution in [0.2, 0.25) is 0 Å². The Morgan fingerprint density at radius 1 is 1.31 bits per heavy atom. The highest BCUT2D eigenvalue weighted by atomic mass is 16.3. The molecule has 0 aliphatic heterocycles. The maximum Gasteiger partial charge on any atom is 0.133 e. The predicted octanol–water partition coefficient (Wildman–Crippen LogP) is 2.90. The van der Waals surface area contributed by atoms with Crippen molar-refractivity contribution in [1.82, 2.24) is 0 Å². The van der Waals surface area contributed by atoms with Crippen LogP contribution in [0.15, 0.2) is 12.7 Å². The lowest BCUT2D eigenvalue weighted by atomic mass is 10.1. The second-order valence-corrected chi connectivity index (χ2v) is 3.17. The van der Waals surface area contributed by atoms with Crippen molar-refractivity contribution in [3.05, 3.63) is 12.7 Å². The fourth-order valence-corrected chi connectivity index (χ4v) is 1.05. The van der Waals surface area contributed by atoms with Crippen molar-refractivity contribution in [3.63, 3.8) is 0 Å². The SMILES string of the molecule is C=C[C@@H](O)C#CCCCCCCC. The third-order valence-electron chi connectivity index (χ3n) is 1.88. The van der Waals surface area contributed by atoms with E-state index in [4.69, 9.17) is 5.11 Å². The lowest BCUT2D eigenvalue weighted by Gasteiger charge is -1.95. The van der Waals surface area contributed by atoms with E-state index in [-0.39, 0.29) is 0 Å². The van der Waals surface area contributed by atoms with Crippen LogP contribution >= 0.6 is 0 Å². The van der Waals surface area contributed by atoms with E-state index in [1.165, 1.54) is 31.8 Å². The second-order valence-electron chi connectivity index (χ2n) is 3.17. The fourth-order valence-electron chi connectivity index (χ4n) is 1.05. The fraction of sp³-hybridized carbons (Fsp3) is 0.667. The largest absolute Gasteiger partial charge is 0.377 e. The van der Waals surface area contributed by atoms with Gasteiger partial charge in [-0.3, -0.25) is 0 Å². The maximum atomic E-state index is 9.01. The molecular weight excluding hydrogens is 160 g/mol. The number of aliphatic hydroxyl groups is 1. The highest BCUT2D eigenvalue weighted by Crippen LogP contribution is 2.03. The van der Waals surface area contributed by atoms with Crippen molar-refractivity contribution < 1.29 is 5.11 Å². The van der Waals surface area contributed by atoms with Crippen LogP contribution in [0.1, 0.15) is 45.4 Å². The van der Waals surface area contributed by atoms with Crippen molar-refractivity contribution in [3.8, 4) is 11.8 Å². The van der Waals surface area contributed by atoms with Crippen molar-refractivity contribution in [2.45, 2.75) is 51.6 Å². The van der Waals surface area contributed by atoms with Crippen LogP contribution in [0.25, 0.3) is 0 Å². The molecule has 1 atom stereocenters. The topological polar surface area (TPSA) is 20.2 Å². The zero-order valence-corrected chi connectivity index (χ0v) is 8.55. The van der Waals surface area contributed by atoms with Gasteiger partial charge in [-0.1, -0.05) is 51.2 Å². The maximum absolute atomic E-state index is 9.01. The first-order valence-electron chi connectivity index (χ1n) is 5.10. The molecule has 1 N–H and O–H groups in total. The molecular formula is C12H20O. The molecule has 0 spiro atoms. The first-order valence-corrected chi connectivity index (χ1v) is 5.10. The Labute approximate surface area is 81.9 Å². The van der Waals surface area contributed by atoms with E-state index in [0.29, 0.717) is 0 Å². The Hall–Kier alpha value is -0.740. The molecule has 0 radical (unpaired) electrons. The summed E-state index contributed by atoms with van der Waals surface area (Å²) in [6, 6.07) is 0. The third kappa shape index (κ3) is 9.17. The lowest BCUT2D eigenvalue weighted by Crippen LogP contribution is -1.94. The number of hydrogen-bond donors (Lipinski definition) is 1. The minimum atomic E-state index is -0.643. The Kier molecular flexibility index (Phi) is 8.82. The summed E-state index contributed by atoms with van der Waals surface area (Å²) in [6.07, 6.45) is 8.02. The van der Waals surface area contributed by atoms with Gasteiger partial charge in [-0.25, -0.2) is 0 Å². The van der Waals surface area contributed by atoms with Crippen molar-refractivity contribution in [2.75, 3.05) is 0 Å². The molecule has 13 heavy (non-hydrogen) atoms. The van der Waals surface area contributed by atoms with Gasteiger partial charge in [-0.15, -0.1) is 5.92 Å². The first-order chi connectivity index (χ1) is 6.31. The molecule has 74 valence electrons. The molecule has 0 aromatic rings. The number of rotatable bonds is 6. The summed E-state index contributed by atoms with van der Waals surface area (Å²) < 4.78 is 0. The molecule has 1 nitrogen and oxygen atoms in total. The second kappa shape index (κ2) is 9.35. The van der Waals surface area contributed by atoms with Gasteiger partial charge >= 0.3 is 0 Å². The highest BCUT2D eigenvalue weighted by Gasteiger charge is 1.88. The van der Waals surface area contributed by atoms with E-state index in [1.54, 1.807) is 0 Å². The molecule has 0 saturated heterocycles. The molecule has 0 amide bonds. The van der Waals surface area contributed by atoms with Crippen molar-refractivity contribution in [1.29, 1.82) is 0 Å². The summed E-state index contributed by atoms with van der Waals surface area (Å²) in [4.78, 5) is 0. The zero-order chi connectivity index (χ0) is 9.94. The molecule has 0 bridgehead atoms. The Morgan fingerprint density at radius 2 is 2.00 bits per heavy atom. The highest BCUT2D eigenvalue weighted by molar-refractivity contribution is 5.10. The normalized spacial score (nSPS) is 11.5. The quantitative estimate of drug-likeness (QED) is 0.378. The van der Waals surface area contributed by atoms with E-state index in [2.05, 4.69) is 25.3 Å². The van der Waals surface area contributed by atoms with Crippen LogP contribution in [0, 0.1) is 11.8 Å². The lowest BCUT2D eigenvalue weighted by molar-refractivity contribution is 0.281. The molecule has 0 heterocycles. The van der Waals surface area contributed by atoms with Gasteiger partial charge in [0, 0.05) is 6.42 Å². The molecule has 0 aliphatic rings. The average molecular weight is 180 g/mol. The molecule has 0 unspecified atom stereocenters. The molecule has 0 saturated carbocycles. The third-order valence-corrected chi connectivity index (χ3v) is 1.88. The molecule has 0 fully saturated rings. The Bertz CT molecular complexity index is 173. The van der Waals surface area contributed by atoms with E-state index in [0.717, 1.165) is 12.8 Å². The summed E-state index contributed by atoms with van der Waals surface area (Å²) in [7, 11) is 0. The van der Waals surface area contributed by atoms with Gasteiger partial charge in [-0.2, -0.15) is 0 Å². The minimum Gasteiger partial charge on any atom is -0.377 e. The van der Waals surface area contributed by atoms with Gasteiger partial charge in [0.15, 0.2) is 0 Å². The van der Waals surface area contributed by atoms with Gasteiger partial charge in [0.05, 0.1) is 0 Å². The summed E-state index contributed by atoms with van der Waals surface area (Å²) in [5, 5.41) is 9.01. The van der Waals surface area contributed by atoms with E-state index < -0.39 is 6.10 Å². The molecule has 0 aromatic heterocycles. The molecule has 0 aromatic carbocycles. The summed E-state index contributed by atoms with van der Waals surface area (Å²) >= 11 is 0. The van der Waals surface area contributed by atoms with Gasteiger partial charge in [0.2, 0.25) is 0 Å². The standard InChI is InChI=1S/C12H20O/c1-3-5-6-7-8-9-10-11-12(13)4-2/h4,12-13H,2-3,5-9H2,1H3/t12-/m1/s1. The number of aliphatic hydroxyl groups excluding tert-OH is 1. The van der Waals surface area contributed by atoms with E-state index >= 15 is 0 Å². The van der Waals surface area contributed by atoms with Gasteiger partial charge in [0.1, 0.15) is 6.10 Å². The Morgan fingerprint density at radius 3 is 2.62 bits per heavy atom. The van der Waals surface area contributed by atoms with E-state index in [9.17, 15) is 0 Å². The van der Waals surface area contributed by atoms with Gasteiger partial charge in [0.25, 0.3) is 0 Å². The minimum absolute atomic E-state index is 0.643. The van der Waals surface area contributed by atoms with Crippen LogP contribution in [0.4, 0.5) is 0 Å². The molecule has 0 rings (SSSR count). The molecule has 1 heteroatoms. The molecule has 0 aliphatic carbocycles. The number of unbranched alkanes of at least 4 members (excludes halogenated alkanes) is 5. The summed E-state index contributed by atoms with van der Waals surface area (Å²) in [5.74, 6) is 5.65. The van der Waals surface area contributed by atoms with Crippen LogP contribution in [0.5, 0.6) is 0 Å². The smallest absolute Gasteiger partial charge is 0.133 e. The average Bonchev–Trinajstić information content (AvgIpc) is 2.16. The van der Waals surface area contributed by atoms with Crippen LogP contribution in [-0.4, -0.2) is 11.2 Å². The van der Waals surface area contributed by atoms with Gasteiger partial charge in [-0.05, 0) is 6.42 Å². The first kappa shape index (κ1) is 12.3. The summed E-state index contributed by atoms with van der Waals surface area (Å²) in [6.45, 7) is 5.66.